The van der Waals surface area contributed by atoms with Crippen LogP contribution in [0.25, 0.3) is 0 Å². The first-order valence-electron chi connectivity index (χ1n) is 7.84. The number of ether oxygens (including phenoxy) is 2. The summed E-state index contributed by atoms with van der Waals surface area (Å²) in [7, 11) is 1.65. The lowest BCUT2D eigenvalue weighted by Gasteiger charge is -2.11. The van der Waals surface area contributed by atoms with Crippen LogP contribution in [-0.2, 0) is 0 Å². The van der Waals surface area contributed by atoms with Gasteiger partial charge in [-0.2, -0.15) is 0 Å². The van der Waals surface area contributed by atoms with Crippen LogP contribution in [0.4, 0.5) is 5.69 Å². The van der Waals surface area contributed by atoms with Crippen LogP contribution in [-0.4, -0.2) is 13.7 Å². The van der Waals surface area contributed by atoms with Gasteiger partial charge in [0.25, 0.3) is 0 Å². The molecule has 0 bridgehead atoms. The van der Waals surface area contributed by atoms with Gasteiger partial charge in [-0.05, 0) is 18.6 Å². The maximum absolute atomic E-state index is 5.76. The van der Waals surface area contributed by atoms with Crippen LogP contribution in [0, 0.1) is 0 Å². The zero-order valence-electron chi connectivity index (χ0n) is 13.0. The van der Waals surface area contributed by atoms with Gasteiger partial charge in [0.2, 0.25) is 0 Å². The van der Waals surface area contributed by atoms with E-state index in [9.17, 15) is 0 Å². The predicted molar refractivity (Wildman–Crippen MR) is 85.5 cm³/mol. The SMILES string of the molecule is CCCCCCCCCCOc1cc(N)ccc1OC. The van der Waals surface area contributed by atoms with Crippen LogP contribution in [0.3, 0.4) is 0 Å². The van der Waals surface area contributed by atoms with E-state index in [0.717, 1.165) is 24.5 Å². The molecule has 1 aromatic carbocycles. The second-order valence-electron chi connectivity index (χ2n) is 5.23. The molecule has 0 unspecified atom stereocenters. The number of rotatable bonds is 11. The minimum Gasteiger partial charge on any atom is -0.493 e. The average Bonchev–Trinajstić information content (AvgIpc) is 2.46. The van der Waals surface area contributed by atoms with Crippen LogP contribution in [0.1, 0.15) is 58.3 Å². The molecule has 0 aliphatic carbocycles. The van der Waals surface area contributed by atoms with Gasteiger partial charge in [-0.1, -0.05) is 51.9 Å². The van der Waals surface area contributed by atoms with Crippen LogP contribution in [0.5, 0.6) is 11.5 Å². The lowest BCUT2D eigenvalue weighted by atomic mass is 10.1. The van der Waals surface area contributed by atoms with E-state index in [4.69, 9.17) is 15.2 Å². The molecule has 0 radical (unpaired) electrons. The number of hydrogen-bond donors (Lipinski definition) is 1. The van der Waals surface area contributed by atoms with Gasteiger partial charge < -0.3 is 15.2 Å². The molecule has 114 valence electrons. The van der Waals surface area contributed by atoms with Crippen molar-refractivity contribution in [2.45, 2.75) is 58.3 Å². The fourth-order valence-electron chi connectivity index (χ4n) is 2.22. The van der Waals surface area contributed by atoms with Crippen LogP contribution in [0.15, 0.2) is 18.2 Å². The zero-order chi connectivity index (χ0) is 14.6. The van der Waals surface area contributed by atoms with Gasteiger partial charge in [0.05, 0.1) is 13.7 Å². The molecule has 0 amide bonds. The topological polar surface area (TPSA) is 44.5 Å². The molecule has 3 heteroatoms. The Morgan fingerprint density at radius 2 is 1.55 bits per heavy atom. The van der Waals surface area contributed by atoms with E-state index in [1.54, 1.807) is 7.11 Å². The normalized spacial score (nSPS) is 10.5. The molecule has 2 N–H and O–H groups in total. The Balaban J connectivity index is 2.10. The Kier molecular flexibility index (Phi) is 8.68. The first kappa shape index (κ1) is 16.7. The van der Waals surface area contributed by atoms with Crippen molar-refractivity contribution in [3.05, 3.63) is 18.2 Å². The van der Waals surface area contributed by atoms with E-state index < -0.39 is 0 Å². The number of nitrogen functional groups attached to an aromatic ring is 1. The van der Waals surface area contributed by atoms with E-state index in [1.807, 2.05) is 18.2 Å². The summed E-state index contributed by atoms with van der Waals surface area (Å²) in [6.07, 6.45) is 10.4. The summed E-state index contributed by atoms with van der Waals surface area (Å²) in [4.78, 5) is 0. The summed E-state index contributed by atoms with van der Waals surface area (Å²) in [5.41, 5.74) is 6.46. The standard InChI is InChI=1S/C17H29NO2/c1-3-4-5-6-7-8-9-10-13-20-17-14-15(18)11-12-16(17)19-2/h11-12,14H,3-10,13,18H2,1-2H3. The third-order valence-corrected chi connectivity index (χ3v) is 3.44. The first-order valence-corrected chi connectivity index (χ1v) is 7.84. The second-order valence-corrected chi connectivity index (χ2v) is 5.23. The van der Waals surface area contributed by atoms with E-state index in [0.29, 0.717) is 5.69 Å². The van der Waals surface area contributed by atoms with Crippen molar-refractivity contribution in [2.24, 2.45) is 0 Å². The number of unbranched alkanes of at least 4 members (excludes halogenated alkanes) is 7. The van der Waals surface area contributed by atoms with Crippen molar-refractivity contribution < 1.29 is 9.47 Å². The Morgan fingerprint density at radius 3 is 2.20 bits per heavy atom. The average molecular weight is 279 g/mol. The fourth-order valence-corrected chi connectivity index (χ4v) is 2.22. The summed E-state index contributed by atoms with van der Waals surface area (Å²) in [5, 5.41) is 0. The molecule has 0 atom stereocenters. The maximum Gasteiger partial charge on any atom is 0.163 e. The van der Waals surface area contributed by atoms with Crippen molar-refractivity contribution in [1.82, 2.24) is 0 Å². The Labute approximate surface area is 123 Å². The summed E-state index contributed by atoms with van der Waals surface area (Å²) in [6.45, 7) is 2.98. The Morgan fingerprint density at radius 1 is 0.900 bits per heavy atom. The maximum atomic E-state index is 5.76. The van der Waals surface area contributed by atoms with Crippen LogP contribution >= 0.6 is 0 Å². The Bertz CT molecular complexity index is 366. The van der Waals surface area contributed by atoms with Gasteiger partial charge in [0.1, 0.15) is 0 Å². The Hall–Kier alpha value is -1.38. The minimum absolute atomic E-state index is 0.705. The highest BCUT2D eigenvalue weighted by Crippen LogP contribution is 2.29. The van der Waals surface area contributed by atoms with Crippen LogP contribution < -0.4 is 15.2 Å². The number of methoxy groups -OCH3 is 1. The van der Waals surface area contributed by atoms with Crippen molar-refractivity contribution in [1.29, 1.82) is 0 Å². The predicted octanol–water partition coefficient (Wildman–Crippen LogP) is 4.80. The summed E-state index contributed by atoms with van der Waals surface area (Å²) in [6, 6.07) is 5.49. The number of anilines is 1. The molecule has 0 saturated heterocycles. The molecule has 0 saturated carbocycles. The van der Waals surface area contributed by atoms with Gasteiger partial charge in [-0.15, -0.1) is 0 Å². The molecule has 0 aromatic heterocycles. The van der Waals surface area contributed by atoms with Crippen molar-refractivity contribution in [3.63, 3.8) is 0 Å². The molecule has 20 heavy (non-hydrogen) atoms. The molecule has 3 nitrogen and oxygen atoms in total. The highest BCUT2D eigenvalue weighted by atomic mass is 16.5. The number of hydrogen-bond acceptors (Lipinski definition) is 3. The van der Waals surface area contributed by atoms with Gasteiger partial charge >= 0.3 is 0 Å². The van der Waals surface area contributed by atoms with Crippen molar-refractivity contribution in [2.75, 3.05) is 19.5 Å². The van der Waals surface area contributed by atoms with Gasteiger partial charge in [-0.25, -0.2) is 0 Å². The minimum atomic E-state index is 0.705. The molecule has 1 aromatic rings. The third kappa shape index (κ3) is 6.69. The van der Waals surface area contributed by atoms with E-state index in [1.165, 1.54) is 44.9 Å². The number of nitrogens with two attached hydrogens (primary N) is 1. The zero-order valence-corrected chi connectivity index (χ0v) is 13.0. The smallest absolute Gasteiger partial charge is 0.163 e. The highest BCUT2D eigenvalue weighted by Gasteiger charge is 2.04. The van der Waals surface area contributed by atoms with Gasteiger partial charge in [0.15, 0.2) is 11.5 Å². The summed E-state index contributed by atoms with van der Waals surface area (Å²) >= 11 is 0. The molecule has 0 aliphatic heterocycles. The lowest BCUT2D eigenvalue weighted by Crippen LogP contribution is -2.00. The fraction of sp³-hybridized carbons (Fsp3) is 0.647. The quantitative estimate of drug-likeness (QED) is 0.467. The summed E-state index contributed by atoms with van der Waals surface area (Å²) < 4.78 is 11.0. The van der Waals surface area contributed by atoms with E-state index in [-0.39, 0.29) is 0 Å². The second kappa shape index (κ2) is 10.4. The first-order chi connectivity index (χ1) is 9.77. The largest absolute Gasteiger partial charge is 0.493 e. The van der Waals surface area contributed by atoms with Gasteiger partial charge in [-0.3, -0.25) is 0 Å². The molecule has 1 rings (SSSR count). The van der Waals surface area contributed by atoms with E-state index in [2.05, 4.69) is 6.92 Å². The lowest BCUT2D eigenvalue weighted by molar-refractivity contribution is 0.285. The molecule has 0 spiro atoms. The number of benzene rings is 1. The third-order valence-electron chi connectivity index (χ3n) is 3.44. The van der Waals surface area contributed by atoms with E-state index >= 15 is 0 Å². The molecular weight excluding hydrogens is 250 g/mol. The molecular formula is C17H29NO2. The highest BCUT2D eigenvalue weighted by molar-refractivity contribution is 5.51. The van der Waals surface area contributed by atoms with Crippen molar-refractivity contribution in [3.8, 4) is 11.5 Å². The molecule has 0 aliphatic rings. The monoisotopic (exact) mass is 279 g/mol. The molecule has 0 fully saturated rings. The van der Waals surface area contributed by atoms with Gasteiger partial charge in [0, 0.05) is 11.8 Å². The summed E-state index contributed by atoms with van der Waals surface area (Å²) in [5.74, 6) is 1.49. The molecule has 0 heterocycles. The van der Waals surface area contributed by atoms with Crippen LogP contribution in [0.2, 0.25) is 0 Å². The van der Waals surface area contributed by atoms with Crippen molar-refractivity contribution >= 4 is 5.69 Å².